The summed E-state index contributed by atoms with van der Waals surface area (Å²) in [6.07, 6.45) is 1.69. The van der Waals surface area contributed by atoms with E-state index in [4.69, 9.17) is 10.5 Å². The highest BCUT2D eigenvalue weighted by atomic mass is 19.1. The Balaban J connectivity index is 3.03. The molecule has 0 saturated carbocycles. The van der Waals surface area contributed by atoms with Crippen molar-refractivity contribution in [2.45, 2.75) is 25.8 Å². The number of hydrogen-bond donors (Lipinski definition) is 1. The molecule has 14 heavy (non-hydrogen) atoms. The van der Waals surface area contributed by atoms with Crippen LogP contribution >= 0.6 is 0 Å². The Morgan fingerprint density at radius 3 is 2.79 bits per heavy atom. The van der Waals surface area contributed by atoms with Crippen LogP contribution in [0.1, 0.15) is 31.4 Å². The maximum atomic E-state index is 13.5. The lowest BCUT2D eigenvalue weighted by Gasteiger charge is -2.15. The average Bonchev–Trinajstić information content (AvgIpc) is 2.17. The Morgan fingerprint density at radius 1 is 1.50 bits per heavy atom. The van der Waals surface area contributed by atoms with E-state index in [-0.39, 0.29) is 11.9 Å². The standard InChI is InChI=1S/C11H16FNO/c1-3-5-9(13)11-8(12)6-4-7-10(11)14-2/h4,6-7,9H,3,5,13H2,1-2H3. The molecule has 1 aromatic rings. The van der Waals surface area contributed by atoms with Crippen LogP contribution in [0.4, 0.5) is 4.39 Å². The second-order valence-electron chi connectivity index (χ2n) is 3.25. The fraction of sp³-hybridized carbons (Fsp3) is 0.455. The topological polar surface area (TPSA) is 35.2 Å². The molecule has 0 radical (unpaired) electrons. The van der Waals surface area contributed by atoms with E-state index in [2.05, 4.69) is 0 Å². The van der Waals surface area contributed by atoms with E-state index in [1.807, 2.05) is 6.92 Å². The summed E-state index contributed by atoms with van der Waals surface area (Å²) in [5, 5.41) is 0. The van der Waals surface area contributed by atoms with Gasteiger partial charge in [-0.1, -0.05) is 19.4 Å². The fourth-order valence-corrected chi connectivity index (χ4v) is 1.51. The minimum absolute atomic E-state index is 0.281. The van der Waals surface area contributed by atoms with Crippen molar-refractivity contribution in [1.29, 1.82) is 0 Å². The normalized spacial score (nSPS) is 12.6. The molecule has 0 aromatic heterocycles. The highest BCUT2D eigenvalue weighted by Gasteiger charge is 2.15. The van der Waals surface area contributed by atoms with Crippen LogP contribution in [0.5, 0.6) is 5.75 Å². The first kappa shape index (κ1) is 11.0. The maximum absolute atomic E-state index is 13.5. The number of benzene rings is 1. The van der Waals surface area contributed by atoms with Crippen molar-refractivity contribution in [1.82, 2.24) is 0 Å². The van der Waals surface area contributed by atoms with Gasteiger partial charge in [-0.25, -0.2) is 4.39 Å². The molecule has 0 aliphatic rings. The average molecular weight is 197 g/mol. The van der Waals surface area contributed by atoms with Crippen LogP contribution in [0.15, 0.2) is 18.2 Å². The van der Waals surface area contributed by atoms with Crippen LogP contribution in [-0.2, 0) is 0 Å². The van der Waals surface area contributed by atoms with Crippen LogP contribution in [0.2, 0.25) is 0 Å². The molecular formula is C11H16FNO. The van der Waals surface area contributed by atoms with Crippen molar-refractivity contribution in [3.05, 3.63) is 29.6 Å². The zero-order valence-corrected chi connectivity index (χ0v) is 8.59. The van der Waals surface area contributed by atoms with Crippen molar-refractivity contribution in [2.75, 3.05) is 7.11 Å². The third-order valence-electron chi connectivity index (χ3n) is 2.20. The maximum Gasteiger partial charge on any atom is 0.131 e. The number of nitrogens with two attached hydrogens (primary N) is 1. The van der Waals surface area contributed by atoms with E-state index in [1.54, 1.807) is 12.1 Å². The number of ether oxygens (including phenoxy) is 1. The third-order valence-corrected chi connectivity index (χ3v) is 2.20. The first-order valence-electron chi connectivity index (χ1n) is 4.78. The zero-order chi connectivity index (χ0) is 10.6. The molecule has 0 spiro atoms. The summed E-state index contributed by atoms with van der Waals surface area (Å²) in [5.41, 5.74) is 6.35. The van der Waals surface area contributed by atoms with Crippen LogP contribution in [0.3, 0.4) is 0 Å². The quantitative estimate of drug-likeness (QED) is 0.805. The van der Waals surface area contributed by atoms with Gasteiger partial charge in [0.1, 0.15) is 11.6 Å². The van der Waals surface area contributed by atoms with E-state index in [0.29, 0.717) is 11.3 Å². The summed E-state index contributed by atoms with van der Waals surface area (Å²) in [6.45, 7) is 2.02. The Labute approximate surface area is 83.9 Å². The van der Waals surface area contributed by atoms with Crippen molar-refractivity contribution in [2.24, 2.45) is 5.73 Å². The minimum atomic E-state index is -0.287. The third kappa shape index (κ3) is 2.23. The Morgan fingerprint density at radius 2 is 2.21 bits per heavy atom. The molecule has 3 heteroatoms. The summed E-state index contributed by atoms with van der Waals surface area (Å²) in [5.74, 6) is 0.247. The van der Waals surface area contributed by atoms with Gasteiger partial charge in [-0.05, 0) is 18.6 Å². The zero-order valence-electron chi connectivity index (χ0n) is 8.59. The Hall–Kier alpha value is -1.09. The van der Waals surface area contributed by atoms with Crippen LogP contribution in [0, 0.1) is 5.82 Å². The molecule has 0 heterocycles. The summed E-state index contributed by atoms with van der Waals surface area (Å²) < 4.78 is 18.5. The molecule has 0 bridgehead atoms. The predicted octanol–water partition coefficient (Wildman–Crippen LogP) is 2.63. The second kappa shape index (κ2) is 4.96. The summed E-state index contributed by atoms with van der Waals surface area (Å²) in [7, 11) is 1.52. The lowest BCUT2D eigenvalue weighted by atomic mass is 10.0. The van der Waals surface area contributed by atoms with Gasteiger partial charge in [0, 0.05) is 11.6 Å². The molecule has 0 aliphatic heterocycles. The molecule has 1 unspecified atom stereocenters. The van der Waals surface area contributed by atoms with Crippen LogP contribution in [-0.4, -0.2) is 7.11 Å². The minimum Gasteiger partial charge on any atom is -0.496 e. The molecular weight excluding hydrogens is 181 g/mol. The van der Waals surface area contributed by atoms with E-state index in [9.17, 15) is 4.39 Å². The van der Waals surface area contributed by atoms with E-state index >= 15 is 0 Å². The molecule has 0 saturated heterocycles. The largest absolute Gasteiger partial charge is 0.496 e. The smallest absolute Gasteiger partial charge is 0.131 e. The van der Waals surface area contributed by atoms with Crippen molar-refractivity contribution in [3.8, 4) is 5.75 Å². The molecule has 1 rings (SSSR count). The Bertz CT molecular complexity index is 301. The molecule has 1 atom stereocenters. The first-order valence-corrected chi connectivity index (χ1v) is 4.78. The van der Waals surface area contributed by atoms with Gasteiger partial charge in [0.2, 0.25) is 0 Å². The van der Waals surface area contributed by atoms with Gasteiger partial charge in [-0.3, -0.25) is 0 Å². The van der Waals surface area contributed by atoms with Gasteiger partial charge >= 0.3 is 0 Å². The van der Waals surface area contributed by atoms with Crippen molar-refractivity contribution >= 4 is 0 Å². The first-order chi connectivity index (χ1) is 6.70. The van der Waals surface area contributed by atoms with Gasteiger partial charge in [0.15, 0.2) is 0 Å². The second-order valence-corrected chi connectivity index (χ2v) is 3.25. The van der Waals surface area contributed by atoms with Gasteiger partial charge in [-0.2, -0.15) is 0 Å². The summed E-state index contributed by atoms with van der Waals surface area (Å²) in [4.78, 5) is 0. The van der Waals surface area contributed by atoms with Crippen molar-refractivity contribution in [3.63, 3.8) is 0 Å². The fourth-order valence-electron chi connectivity index (χ4n) is 1.51. The highest BCUT2D eigenvalue weighted by Crippen LogP contribution is 2.28. The number of rotatable bonds is 4. The molecule has 2 N–H and O–H groups in total. The van der Waals surface area contributed by atoms with E-state index in [1.165, 1.54) is 13.2 Å². The van der Waals surface area contributed by atoms with Crippen LogP contribution in [0.25, 0.3) is 0 Å². The molecule has 0 aliphatic carbocycles. The van der Waals surface area contributed by atoms with Gasteiger partial charge in [0.25, 0.3) is 0 Å². The summed E-state index contributed by atoms with van der Waals surface area (Å²) >= 11 is 0. The molecule has 1 aromatic carbocycles. The molecule has 0 fully saturated rings. The summed E-state index contributed by atoms with van der Waals surface area (Å²) in [6, 6.07) is 4.48. The highest BCUT2D eigenvalue weighted by molar-refractivity contribution is 5.36. The lowest BCUT2D eigenvalue weighted by Crippen LogP contribution is -2.13. The number of methoxy groups -OCH3 is 1. The Kier molecular flexibility index (Phi) is 3.89. The van der Waals surface area contributed by atoms with Gasteiger partial charge < -0.3 is 10.5 Å². The molecule has 2 nitrogen and oxygen atoms in total. The number of hydrogen-bond acceptors (Lipinski definition) is 2. The monoisotopic (exact) mass is 197 g/mol. The molecule has 78 valence electrons. The van der Waals surface area contributed by atoms with Crippen LogP contribution < -0.4 is 10.5 Å². The predicted molar refractivity (Wildman–Crippen MR) is 54.8 cm³/mol. The van der Waals surface area contributed by atoms with E-state index < -0.39 is 0 Å². The van der Waals surface area contributed by atoms with Gasteiger partial charge in [0.05, 0.1) is 7.11 Å². The SMILES string of the molecule is CCCC(N)c1c(F)cccc1OC. The molecule has 0 amide bonds. The number of halogens is 1. The van der Waals surface area contributed by atoms with Gasteiger partial charge in [-0.15, -0.1) is 0 Å². The van der Waals surface area contributed by atoms with Crippen molar-refractivity contribution < 1.29 is 9.13 Å². The van der Waals surface area contributed by atoms with E-state index in [0.717, 1.165) is 12.8 Å². The lowest BCUT2D eigenvalue weighted by molar-refractivity contribution is 0.397.